The summed E-state index contributed by atoms with van der Waals surface area (Å²) in [6.07, 6.45) is 0. The molecule has 0 aliphatic heterocycles. The molecule has 1 rings (SSSR count). The molecule has 0 atom stereocenters. The van der Waals surface area contributed by atoms with Crippen LogP contribution in [-0.4, -0.2) is 31.0 Å². The number of carboxylic acid groups (broad SMARTS) is 1. The van der Waals surface area contributed by atoms with Crippen LogP contribution in [0.2, 0.25) is 0 Å². The SMILES string of the molecule is CN(C)c1cc(C(=O)C(=O)O)ccc1F. The Morgan fingerprint density at radius 1 is 1.33 bits per heavy atom. The monoisotopic (exact) mass is 211 g/mol. The van der Waals surface area contributed by atoms with Crippen molar-refractivity contribution in [3.8, 4) is 0 Å². The summed E-state index contributed by atoms with van der Waals surface area (Å²) in [6.45, 7) is 0. The summed E-state index contributed by atoms with van der Waals surface area (Å²) in [5.74, 6) is -3.09. The van der Waals surface area contributed by atoms with Crippen molar-refractivity contribution in [2.24, 2.45) is 0 Å². The van der Waals surface area contributed by atoms with E-state index in [4.69, 9.17) is 5.11 Å². The van der Waals surface area contributed by atoms with Crippen molar-refractivity contribution >= 4 is 17.4 Å². The van der Waals surface area contributed by atoms with Crippen LogP contribution < -0.4 is 4.90 Å². The Morgan fingerprint density at radius 3 is 2.40 bits per heavy atom. The molecule has 80 valence electrons. The molecule has 0 saturated carbocycles. The second kappa shape index (κ2) is 4.08. The first-order chi connectivity index (χ1) is 6.93. The normalized spacial score (nSPS) is 9.80. The van der Waals surface area contributed by atoms with Crippen LogP contribution in [0, 0.1) is 5.82 Å². The van der Waals surface area contributed by atoms with Gasteiger partial charge in [-0.25, -0.2) is 9.18 Å². The van der Waals surface area contributed by atoms with Crippen molar-refractivity contribution in [1.82, 2.24) is 0 Å². The van der Waals surface area contributed by atoms with Gasteiger partial charge in [-0.15, -0.1) is 0 Å². The second-order valence-corrected chi connectivity index (χ2v) is 3.19. The molecular weight excluding hydrogens is 201 g/mol. The van der Waals surface area contributed by atoms with E-state index < -0.39 is 17.6 Å². The molecule has 0 amide bonds. The number of carbonyl (C=O) groups excluding carboxylic acids is 1. The number of hydrogen-bond donors (Lipinski definition) is 1. The fourth-order valence-corrected chi connectivity index (χ4v) is 1.12. The fraction of sp³-hybridized carbons (Fsp3) is 0.200. The molecule has 0 heterocycles. The zero-order valence-electron chi connectivity index (χ0n) is 8.32. The van der Waals surface area contributed by atoms with Crippen molar-refractivity contribution in [2.45, 2.75) is 0 Å². The van der Waals surface area contributed by atoms with Gasteiger partial charge in [-0.2, -0.15) is 0 Å². The average Bonchev–Trinajstić information content (AvgIpc) is 2.16. The summed E-state index contributed by atoms with van der Waals surface area (Å²) in [7, 11) is 3.21. The molecule has 1 aromatic carbocycles. The number of hydrogen-bond acceptors (Lipinski definition) is 3. The van der Waals surface area contributed by atoms with Gasteiger partial charge in [-0.1, -0.05) is 0 Å². The molecule has 0 aliphatic carbocycles. The fourth-order valence-electron chi connectivity index (χ4n) is 1.12. The van der Waals surface area contributed by atoms with E-state index in [-0.39, 0.29) is 11.3 Å². The smallest absolute Gasteiger partial charge is 0.377 e. The Bertz CT molecular complexity index is 415. The number of nitrogens with zero attached hydrogens (tertiary/aromatic N) is 1. The third-order valence-electron chi connectivity index (χ3n) is 1.88. The zero-order chi connectivity index (χ0) is 11.6. The largest absolute Gasteiger partial charge is 0.475 e. The molecule has 0 bridgehead atoms. The van der Waals surface area contributed by atoms with E-state index in [1.54, 1.807) is 14.1 Å². The quantitative estimate of drug-likeness (QED) is 0.602. The number of benzene rings is 1. The number of carboxylic acids is 1. The van der Waals surface area contributed by atoms with Crippen LogP contribution in [0.3, 0.4) is 0 Å². The van der Waals surface area contributed by atoms with Gasteiger partial charge in [-0.05, 0) is 18.2 Å². The maximum atomic E-state index is 13.2. The van der Waals surface area contributed by atoms with Crippen LogP contribution in [0.25, 0.3) is 0 Å². The van der Waals surface area contributed by atoms with Gasteiger partial charge in [0.1, 0.15) is 5.82 Å². The predicted octanol–water partition coefficient (Wildman–Crippen LogP) is 1.16. The summed E-state index contributed by atoms with van der Waals surface area (Å²) < 4.78 is 13.2. The van der Waals surface area contributed by atoms with Crippen molar-refractivity contribution in [3.05, 3.63) is 29.6 Å². The lowest BCUT2D eigenvalue weighted by atomic mass is 10.1. The first-order valence-electron chi connectivity index (χ1n) is 4.18. The number of aliphatic carboxylic acids is 1. The molecule has 0 unspecified atom stereocenters. The van der Waals surface area contributed by atoms with Crippen LogP contribution >= 0.6 is 0 Å². The minimum atomic E-state index is -1.55. The third-order valence-corrected chi connectivity index (χ3v) is 1.88. The van der Waals surface area contributed by atoms with Crippen molar-refractivity contribution < 1.29 is 19.1 Å². The molecule has 4 nitrogen and oxygen atoms in total. The molecule has 15 heavy (non-hydrogen) atoms. The average molecular weight is 211 g/mol. The van der Waals surface area contributed by atoms with Gasteiger partial charge < -0.3 is 10.0 Å². The number of halogens is 1. The summed E-state index contributed by atoms with van der Waals surface area (Å²) in [4.78, 5) is 23.0. The third kappa shape index (κ3) is 2.31. The van der Waals surface area contributed by atoms with Crippen LogP contribution in [-0.2, 0) is 4.79 Å². The van der Waals surface area contributed by atoms with Gasteiger partial charge >= 0.3 is 5.97 Å². The minimum absolute atomic E-state index is 0.0346. The highest BCUT2D eigenvalue weighted by atomic mass is 19.1. The van der Waals surface area contributed by atoms with E-state index >= 15 is 0 Å². The Balaban J connectivity index is 3.19. The molecule has 1 N–H and O–H groups in total. The van der Waals surface area contributed by atoms with Gasteiger partial charge in [0.05, 0.1) is 5.69 Å². The highest BCUT2D eigenvalue weighted by molar-refractivity contribution is 6.39. The molecule has 0 spiro atoms. The van der Waals surface area contributed by atoms with Gasteiger partial charge in [-0.3, -0.25) is 4.79 Å². The predicted molar refractivity (Wildman–Crippen MR) is 52.7 cm³/mol. The highest BCUT2D eigenvalue weighted by Gasteiger charge is 2.16. The Hall–Kier alpha value is -1.91. The van der Waals surface area contributed by atoms with Crippen LogP contribution in [0.5, 0.6) is 0 Å². The van der Waals surface area contributed by atoms with Crippen LogP contribution in [0.1, 0.15) is 10.4 Å². The van der Waals surface area contributed by atoms with E-state index in [1.807, 2.05) is 0 Å². The van der Waals surface area contributed by atoms with E-state index in [2.05, 4.69) is 0 Å². The standard InChI is InChI=1S/C10H10FNO3/c1-12(2)8-5-6(3-4-7(8)11)9(13)10(14)15/h3-5H,1-2H3,(H,14,15). The van der Waals surface area contributed by atoms with Gasteiger partial charge in [0.2, 0.25) is 0 Å². The molecule has 0 aromatic heterocycles. The maximum absolute atomic E-state index is 13.2. The summed E-state index contributed by atoms with van der Waals surface area (Å²) >= 11 is 0. The number of anilines is 1. The van der Waals surface area contributed by atoms with Crippen molar-refractivity contribution in [2.75, 3.05) is 19.0 Å². The summed E-state index contributed by atoms with van der Waals surface area (Å²) in [5, 5.41) is 8.48. The molecule has 0 aliphatic rings. The molecule has 0 radical (unpaired) electrons. The lowest BCUT2D eigenvalue weighted by Gasteiger charge is -2.13. The number of ketones is 1. The lowest BCUT2D eigenvalue weighted by Crippen LogP contribution is -2.15. The number of carbonyl (C=O) groups is 2. The zero-order valence-corrected chi connectivity index (χ0v) is 8.32. The maximum Gasteiger partial charge on any atom is 0.377 e. The molecular formula is C10H10FNO3. The Morgan fingerprint density at radius 2 is 1.93 bits per heavy atom. The first kappa shape index (κ1) is 11.2. The van der Waals surface area contributed by atoms with Gasteiger partial charge in [0.15, 0.2) is 0 Å². The molecule has 0 fully saturated rings. The summed E-state index contributed by atoms with van der Waals surface area (Å²) in [6, 6.07) is 3.44. The van der Waals surface area contributed by atoms with Crippen molar-refractivity contribution in [1.29, 1.82) is 0 Å². The highest BCUT2D eigenvalue weighted by Crippen LogP contribution is 2.18. The van der Waals surface area contributed by atoms with E-state index in [0.29, 0.717) is 0 Å². The van der Waals surface area contributed by atoms with Crippen LogP contribution in [0.15, 0.2) is 18.2 Å². The van der Waals surface area contributed by atoms with Gasteiger partial charge in [0, 0.05) is 19.7 Å². The molecule has 5 heteroatoms. The Kier molecular flexibility index (Phi) is 3.04. The van der Waals surface area contributed by atoms with E-state index in [0.717, 1.165) is 12.1 Å². The lowest BCUT2D eigenvalue weighted by molar-refractivity contribution is -0.131. The first-order valence-corrected chi connectivity index (χ1v) is 4.18. The van der Waals surface area contributed by atoms with E-state index in [9.17, 15) is 14.0 Å². The topological polar surface area (TPSA) is 57.6 Å². The minimum Gasteiger partial charge on any atom is -0.475 e. The molecule has 0 saturated heterocycles. The number of rotatable bonds is 3. The van der Waals surface area contributed by atoms with Gasteiger partial charge in [0.25, 0.3) is 5.78 Å². The van der Waals surface area contributed by atoms with Crippen molar-refractivity contribution in [3.63, 3.8) is 0 Å². The summed E-state index contributed by atoms with van der Waals surface area (Å²) in [5.41, 5.74) is 0.148. The second-order valence-electron chi connectivity index (χ2n) is 3.19. The van der Waals surface area contributed by atoms with E-state index in [1.165, 1.54) is 11.0 Å². The molecule has 1 aromatic rings. The number of Topliss-reactive ketones (excluding diaryl/α,β-unsaturated/α-hetero) is 1. The Labute approximate surface area is 85.9 Å². The van der Waals surface area contributed by atoms with Crippen LogP contribution in [0.4, 0.5) is 10.1 Å².